The molecule has 0 saturated carbocycles. The summed E-state index contributed by atoms with van der Waals surface area (Å²) in [5.41, 5.74) is 0.234. The van der Waals surface area contributed by atoms with Crippen molar-refractivity contribution in [1.29, 1.82) is 0 Å². The molecule has 0 bridgehead atoms. The van der Waals surface area contributed by atoms with E-state index in [1.807, 2.05) is 0 Å². The average Bonchev–Trinajstić information content (AvgIpc) is 3.09. The van der Waals surface area contributed by atoms with E-state index in [1.54, 1.807) is 42.2 Å². The predicted octanol–water partition coefficient (Wildman–Crippen LogP) is 5.00. The van der Waals surface area contributed by atoms with Crippen LogP contribution in [0.4, 0.5) is 0 Å². The molecule has 7 nitrogen and oxygen atoms in total. The lowest BCUT2D eigenvalue weighted by Crippen LogP contribution is -2.31. The van der Waals surface area contributed by atoms with Crippen molar-refractivity contribution in [2.75, 3.05) is 11.5 Å². The van der Waals surface area contributed by atoms with Gasteiger partial charge in [0, 0.05) is 33.3 Å². The molecule has 0 atom stereocenters. The highest BCUT2D eigenvalue weighted by molar-refractivity contribution is 9.10. The molecule has 30 heavy (non-hydrogen) atoms. The van der Waals surface area contributed by atoms with Gasteiger partial charge in [0.05, 0.1) is 15.9 Å². The normalized spacial score (nSPS) is 14.1. The molecule has 0 amide bonds. The number of aromatic nitrogens is 4. The van der Waals surface area contributed by atoms with Crippen molar-refractivity contribution in [3.05, 3.63) is 61.5 Å². The molecule has 1 aliphatic heterocycles. The van der Waals surface area contributed by atoms with Crippen LogP contribution in [0.5, 0.6) is 5.88 Å². The first kappa shape index (κ1) is 19.9. The number of ether oxygens (including phenoxy) is 1. The Kier molecular flexibility index (Phi) is 5.22. The molecule has 1 aromatic carbocycles. The molecule has 5 rings (SSSR count). The molecule has 0 radical (unpaired) electrons. The molecule has 1 aliphatic rings. The van der Waals surface area contributed by atoms with E-state index < -0.39 is 5.63 Å². The fraction of sp³-hybridized carbons (Fsp3) is 0.158. The van der Waals surface area contributed by atoms with Gasteiger partial charge in [0.2, 0.25) is 11.8 Å². The van der Waals surface area contributed by atoms with Crippen LogP contribution in [0.15, 0.2) is 50.2 Å². The lowest BCUT2D eigenvalue weighted by Gasteiger charge is -2.24. The summed E-state index contributed by atoms with van der Waals surface area (Å²) in [6.07, 6.45) is 1.68. The third kappa shape index (κ3) is 3.60. The smallest absolute Gasteiger partial charge is 0.347 e. The SMILES string of the molecule is O=c1oc(-c2cc(OC3CSC3)nn2-c2ncccc2Cl)nc2c(Br)cc(Cl)cc12. The number of halogens is 3. The minimum atomic E-state index is -0.573. The fourth-order valence-electron chi connectivity index (χ4n) is 2.93. The summed E-state index contributed by atoms with van der Waals surface area (Å²) < 4.78 is 13.5. The largest absolute Gasteiger partial charge is 0.472 e. The van der Waals surface area contributed by atoms with Gasteiger partial charge in [-0.2, -0.15) is 11.8 Å². The quantitative estimate of drug-likeness (QED) is 0.370. The summed E-state index contributed by atoms with van der Waals surface area (Å²) in [7, 11) is 0. The standard InChI is InChI=1S/C19H11BrCl2N4O3S/c20-12-5-9(21)4-11-16(12)24-18(29-19(11)27)14-6-15(28-10-7-30-8-10)25-26(14)17-13(22)2-1-3-23-17/h1-6,10H,7-8H2. The third-order valence-corrected chi connectivity index (χ3v) is 6.72. The first-order chi connectivity index (χ1) is 14.5. The Balaban J connectivity index is 1.71. The Morgan fingerprint density at radius 2 is 2.10 bits per heavy atom. The van der Waals surface area contributed by atoms with Gasteiger partial charge in [0.25, 0.3) is 0 Å². The number of fused-ring (bicyclic) bond motifs is 1. The predicted molar refractivity (Wildman–Crippen MR) is 120 cm³/mol. The van der Waals surface area contributed by atoms with Gasteiger partial charge in [-0.05, 0) is 40.2 Å². The van der Waals surface area contributed by atoms with E-state index in [-0.39, 0.29) is 17.4 Å². The maximum Gasteiger partial charge on any atom is 0.347 e. The van der Waals surface area contributed by atoms with E-state index in [2.05, 4.69) is 31.0 Å². The summed E-state index contributed by atoms with van der Waals surface area (Å²) in [6, 6.07) is 8.25. The van der Waals surface area contributed by atoms with Gasteiger partial charge in [0.1, 0.15) is 11.8 Å². The maximum atomic E-state index is 12.6. The Labute approximate surface area is 192 Å². The number of hydrogen-bond acceptors (Lipinski definition) is 7. The molecule has 4 heterocycles. The van der Waals surface area contributed by atoms with Crippen molar-refractivity contribution in [2.45, 2.75) is 6.10 Å². The second kappa shape index (κ2) is 7.88. The molecule has 0 unspecified atom stereocenters. The molecule has 0 spiro atoms. The molecule has 11 heteroatoms. The highest BCUT2D eigenvalue weighted by Crippen LogP contribution is 2.32. The van der Waals surface area contributed by atoms with Crippen molar-refractivity contribution in [1.82, 2.24) is 19.7 Å². The zero-order valence-electron chi connectivity index (χ0n) is 15.0. The Morgan fingerprint density at radius 1 is 1.27 bits per heavy atom. The number of hydrogen-bond donors (Lipinski definition) is 0. The Morgan fingerprint density at radius 3 is 2.83 bits per heavy atom. The monoisotopic (exact) mass is 524 g/mol. The molecule has 0 aliphatic carbocycles. The van der Waals surface area contributed by atoms with Crippen LogP contribution < -0.4 is 10.4 Å². The molecular weight excluding hydrogens is 515 g/mol. The van der Waals surface area contributed by atoms with Gasteiger partial charge in [-0.1, -0.05) is 23.2 Å². The van der Waals surface area contributed by atoms with Crippen molar-refractivity contribution in [2.24, 2.45) is 0 Å². The van der Waals surface area contributed by atoms with E-state index in [9.17, 15) is 4.79 Å². The molecule has 3 aromatic heterocycles. The number of pyridine rings is 1. The maximum absolute atomic E-state index is 12.6. The van der Waals surface area contributed by atoms with Crippen LogP contribution in [0.1, 0.15) is 0 Å². The summed E-state index contributed by atoms with van der Waals surface area (Å²) in [6.45, 7) is 0. The summed E-state index contributed by atoms with van der Waals surface area (Å²) in [4.78, 5) is 21.5. The van der Waals surface area contributed by atoms with Gasteiger partial charge in [-0.3, -0.25) is 0 Å². The summed E-state index contributed by atoms with van der Waals surface area (Å²) in [5, 5.41) is 5.53. The third-order valence-electron chi connectivity index (χ3n) is 4.39. The highest BCUT2D eigenvalue weighted by Gasteiger charge is 2.25. The summed E-state index contributed by atoms with van der Waals surface area (Å²) >= 11 is 17.6. The number of benzene rings is 1. The van der Waals surface area contributed by atoms with Crippen molar-refractivity contribution in [3.8, 4) is 23.3 Å². The molecule has 1 fully saturated rings. The second-order valence-electron chi connectivity index (χ2n) is 6.46. The number of thioether (sulfide) groups is 1. The molecule has 1 saturated heterocycles. The minimum Gasteiger partial charge on any atom is -0.472 e. The minimum absolute atomic E-state index is 0.0579. The van der Waals surface area contributed by atoms with Crippen molar-refractivity contribution >= 4 is 61.8 Å². The van der Waals surface area contributed by atoms with Crippen molar-refractivity contribution in [3.63, 3.8) is 0 Å². The Bertz CT molecular complexity index is 1340. The van der Waals surface area contributed by atoms with Gasteiger partial charge in [0.15, 0.2) is 5.82 Å². The topological polar surface area (TPSA) is 83.0 Å². The average molecular weight is 526 g/mol. The number of rotatable bonds is 4. The lowest BCUT2D eigenvalue weighted by atomic mass is 10.2. The zero-order valence-corrected chi connectivity index (χ0v) is 18.9. The molecule has 0 N–H and O–H groups in total. The first-order valence-electron chi connectivity index (χ1n) is 8.75. The van der Waals surface area contributed by atoms with Gasteiger partial charge in [-0.15, -0.1) is 5.10 Å². The van der Waals surface area contributed by atoms with Crippen molar-refractivity contribution < 1.29 is 9.15 Å². The van der Waals surface area contributed by atoms with Crippen LogP contribution in [0, 0.1) is 0 Å². The van der Waals surface area contributed by atoms with E-state index in [4.69, 9.17) is 32.4 Å². The molecule has 4 aromatic rings. The fourth-order valence-corrected chi connectivity index (χ4v) is 4.59. The first-order valence-corrected chi connectivity index (χ1v) is 11.5. The molecular formula is C19H11BrCl2N4O3S. The van der Waals surface area contributed by atoms with Gasteiger partial charge in [-0.25, -0.2) is 19.4 Å². The highest BCUT2D eigenvalue weighted by atomic mass is 79.9. The zero-order chi connectivity index (χ0) is 20.8. The van der Waals surface area contributed by atoms with Gasteiger partial charge >= 0.3 is 5.63 Å². The summed E-state index contributed by atoms with van der Waals surface area (Å²) in [5.74, 6) is 2.58. The van der Waals surface area contributed by atoms with Crippen LogP contribution >= 0.6 is 50.9 Å². The lowest BCUT2D eigenvalue weighted by molar-refractivity contribution is 0.229. The van der Waals surface area contributed by atoms with Crippen LogP contribution in [0.25, 0.3) is 28.3 Å². The number of nitrogens with zero attached hydrogens (tertiary/aromatic N) is 4. The van der Waals surface area contributed by atoms with Crippen LogP contribution in [0.3, 0.4) is 0 Å². The van der Waals surface area contributed by atoms with E-state index in [1.165, 1.54) is 10.7 Å². The van der Waals surface area contributed by atoms with Crippen LogP contribution in [0.2, 0.25) is 10.0 Å². The second-order valence-corrected chi connectivity index (χ2v) is 9.23. The van der Waals surface area contributed by atoms with Crippen LogP contribution in [-0.2, 0) is 0 Å². The molecule has 152 valence electrons. The van der Waals surface area contributed by atoms with Crippen LogP contribution in [-0.4, -0.2) is 37.4 Å². The van der Waals surface area contributed by atoms with Gasteiger partial charge < -0.3 is 9.15 Å². The van der Waals surface area contributed by atoms with E-state index in [0.717, 1.165) is 11.5 Å². The van der Waals surface area contributed by atoms with E-state index in [0.29, 0.717) is 37.4 Å². The Hall–Kier alpha value is -2.07. The van der Waals surface area contributed by atoms with E-state index >= 15 is 0 Å².